The van der Waals surface area contributed by atoms with Crippen LogP contribution in [0.3, 0.4) is 0 Å². The van der Waals surface area contributed by atoms with Crippen LogP contribution in [0.2, 0.25) is 0 Å². The lowest BCUT2D eigenvalue weighted by molar-refractivity contribution is -0.146. The lowest BCUT2D eigenvalue weighted by Gasteiger charge is -2.12. The van der Waals surface area contributed by atoms with Gasteiger partial charge in [-0.05, 0) is 49.9 Å². The largest absolute Gasteiger partial charge is 0.464 e. The molecule has 36 heavy (non-hydrogen) atoms. The first kappa shape index (κ1) is 31.4. The molecule has 2 unspecified atom stereocenters. The van der Waals surface area contributed by atoms with Crippen LogP contribution in [-0.2, 0) is 31.9 Å². The fourth-order valence-corrected chi connectivity index (χ4v) is 3.44. The minimum absolute atomic E-state index is 0.279. The molecule has 1 aromatic rings. The number of esters is 2. The maximum atomic E-state index is 12.0. The zero-order valence-corrected chi connectivity index (χ0v) is 21.3. The number of hydrogen-bond donors (Lipinski definition) is 6. The number of nitrogens with one attached hydrogen (secondary N) is 4. The van der Waals surface area contributed by atoms with Gasteiger partial charge >= 0.3 is 11.9 Å². The van der Waals surface area contributed by atoms with Crippen LogP contribution in [0.4, 0.5) is 0 Å². The maximum Gasteiger partial charge on any atom is 0.322 e. The molecule has 0 amide bonds. The van der Waals surface area contributed by atoms with Crippen molar-refractivity contribution in [1.29, 1.82) is 10.8 Å². The van der Waals surface area contributed by atoms with Gasteiger partial charge in [-0.2, -0.15) is 0 Å². The summed E-state index contributed by atoms with van der Waals surface area (Å²) in [5.74, 6) is -0.753. The van der Waals surface area contributed by atoms with Crippen molar-refractivity contribution in [3.8, 4) is 0 Å². The molecular weight excluding hydrogens is 460 g/mol. The Morgan fingerprint density at radius 3 is 1.50 bits per heavy atom. The molecule has 0 aromatic heterocycles. The molecule has 0 bridgehead atoms. The Labute approximate surface area is 214 Å². The normalized spacial score (nSPS) is 12.5. The van der Waals surface area contributed by atoms with E-state index in [1.54, 1.807) is 0 Å². The van der Waals surface area contributed by atoms with Crippen LogP contribution < -0.4 is 22.1 Å². The van der Waals surface area contributed by atoms with Crippen LogP contribution in [0.1, 0.15) is 49.7 Å². The standard InChI is InChI=1S/C26H44N6O4/c27-13-17-31-15-3-1-5-23(29)25(33)35-19-11-21-7-9-22(10-8-21)12-20-36-26(34)24(30)6-2-4-16-32-18-14-28/h7-10,13-14,23-24,27-28,31-32H,1-6,11-12,15-20,29-30H2. The first-order valence-electron chi connectivity index (χ1n) is 12.8. The van der Waals surface area contributed by atoms with E-state index in [4.69, 9.17) is 31.8 Å². The van der Waals surface area contributed by atoms with Gasteiger partial charge < -0.3 is 42.4 Å². The molecule has 1 aromatic carbocycles. The molecule has 0 aliphatic carbocycles. The number of rotatable bonds is 22. The monoisotopic (exact) mass is 504 g/mol. The summed E-state index contributed by atoms with van der Waals surface area (Å²) in [6.45, 7) is 3.28. The summed E-state index contributed by atoms with van der Waals surface area (Å²) in [5, 5.41) is 20.1. The summed E-state index contributed by atoms with van der Waals surface area (Å²) >= 11 is 0. The fraction of sp³-hybridized carbons (Fsp3) is 0.615. The highest BCUT2D eigenvalue weighted by Crippen LogP contribution is 2.08. The van der Waals surface area contributed by atoms with Gasteiger partial charge in [0.15, 0.2) is 0 Å². The zero-order valence-electron chi connectivity index (χ0n) is 21.3. The second-order valence-corrected chi connectivity index (χ2v) is 8.67. The van der Waals surface area contributed by atoms with Crippen LogP contribution in [0.5, 0.6) is 0 Å². The van der Waals surface area contributed by atoms with Crippen molar-refractivity contribution < 1.29 is 19.1 Å². The highest BCUT2D eigenvalue weighted by atomic mass is 16.5. The third-order valence-electron chi connectivity index (χ3n) is 5.63. The van der Waals surface area contributed by atoms with Crippen molar-refractivity contribution in [2.24, 2.45) is 11.5 Å². The number of nitrogens with two attached hydrogens (primary N) is 2. The Bertz CT molecular complexity index is 696. The number of carbonyl (C=O) groups excluding carboxylic acids is 2. The molecule has 2 atom stereocenters. The first-order chi connectivity index (χ1) is 17.5. The van der Waals surface area contributed by atoms with E-state index in [1.807, 2.05) is 24.3 Å². The Morgan fingerprint density at radius 2 is 1.14 bits per heavy atom. The van der Waals surface area contributed by atoms with E-state index in [0.29, 0.717) is 38.8 Å². The molecule has 0 aliphatic rings. The Hall–Kier alpha value is -2.66. The lowest BCUT2D eigenvalue weighted by Crippen LogP contribution is -2.33. The number of hydrogen-bond acceptors (Lipinski definition) is 10. The minimum Gasteiger partial charge on any atom is -0.464 e. The Morgan fingerprint density at radius 1 is 0.750 bits per heavy atom. The molecule has 0 radical (unpaired) electrons. The van der Waals surface area contributed by atoms with E-state index < -0.39 is 12.1 Å². The maximum absolute atomic E-state index is 12.0. The van der Waals surface area contributed by atoms with E-state index >= 15 is 0 Å². The van der Waals surface area contributed by atoms with Gasteiger partial charge in [0.25, 0.3) is 0 Å². The number of benzene rings is 1. The zero-order chi connectivity index (χ0) is 26.4. The van der Waals surface area contributed by atoms with Gasteiger partial charge in [0.05, 0.1) is 13.2 Å². The summed E-state index contributed by atoms with van der Waals surface area (Å²) in [4.78, 5) is 24.1. The molecule has 0 spiro atoms. The van der Waals surface area contributed by atoms with Crippen LogP contribution in [-0.4, -0.2) is 75.8 Å². The van der Waals surface area contributed by atoms with Crippen molar-refractivity contribution >= 4 is 24.4 Å². The van der Waals surface area contributed by atoms with Gasteiger partial charge in [-0.25, -0.2) is 0 Å². The molecule has 0 aliphatic heterocycles. The van der Waals surface area contributed by atoms with Gasteiger partial charge in [-0.1, -0.05) is 37.1 Å². The average Bonchev–Trinajstić information content (AvgIpc) is 2.88. The Balaban J connectivity index is 2.16. The van der Waals surface area contributed by atoms with Gasteiger partial charge in [0.2, 0.25) is 0 Å². The molecule has 8 N–H and O–H groups in total. The van der Waals surface area contributed by atoms with Crippen molar-refractivity contribution in [1.82, 2.24) is 10.6 Å². The predicted molar refractivity (Wildman–Crippen MR) is 143 cm³/mol. The summed E-state index contributed by atoms with van der Waals surface area (Å²) < 4.78 is 10.6. The van der Waals surface area contributed by atoms with Gasteiger partial charge in [0.1, 0.15) is 12.1 Å². The van der Waals surface area contributed by atoms with Gasteiger partial charge in [0, 0.05) is 38.4 Å². The smallest absolute Gasteiger partial charge is 0.322 e. The average molecular weight is 505 g/mol. The quantitative estimate of drug-likeness (QED) is 0.0778. The van der Waals surface area contributed by atoms with Crippen molar-refractivity contribution in [3.05, 3.63) is 35.4 Å². The number of carbonyl (C=O) groups is 2. The summed E-state index contributed by atoms with van der Waals surface area (Å²) in [6, 6.07) is 6.69. The van der Waals surface area contributed by atoms with E-state index in [0.717, 1.165) is 49.9 Å². The van der Waals surface area contributed by atoms with Crippen LogP contribution in [0.25, 0.3) is 0 Å². The highest BCUT2D eigenvalue weighted by Gasteiger charge is 2.15. The summed E-state index contributed by atoms with van der Waals surface area (Å²) in [7, 11) is 0. The minimum atomic E-state index is -0.610. The molecule has 0 fully saturated rings. The molecule has 0 heterocycles. The van der Waals surface area contributed by atoms with Gasteiger partial charge in [-0.3, -0.25) is 9.59 Å². The molecule has 10 heteroatoms. The lowest BCUT2D eigenvalue weighted by atomic mass is 10.1. The van der Waals surface area contributed by atoms with Gasteiger partial charge in [-0.15, -0.1) is 0 Å². The fourth-order valence-electron chi connectivity index (χ4n) is 3.44. The molecule has 0 saturated carbocycles. The van der Waals surface area contributed by atoms with Crippen LogP contribution >= 0.6 is 0 Å². The van der Waals surface area contributed by atoms with E-state index in [9.17, 15) is 9.59 Å². The highest BCUT2D eigenvalue weighted by molar-refractivity contribution is 5.75. The van der Waals surface area contributed by atoms with E-state index in [-0.39, 0.29) is 25.2 Å². The second kappa shape index (κ2) is 20.5. The number of unbranched alkanes of at least 4 members (excludes halogenated alkanes) is 2. The first-order valence-corrected chi connectivity index (χ1v) is 12.8. The molecule has 1 rings (SSSR count). The molecular formula is C26H44N6O4. The summed E-state index contributed by atoms with van der Waals surface area (Å²) in [5.41, 5.74) is 13.9. The van der Waals surface area contributed by atoms with Crippen LogP contribution in [0.15, 0.2) is 24.3 Å². The van der Waals surface area contributed by atoms with E-state index in [2.05, 4.69) is 10.6 Å². The topological polar surface area (TPSA) is 176 Å². The van der Waals surface area contributed by atoms with Crippen molar-refractivity contribution in [2.75, 3.05) is 39.4 Å². The molecule has 202 valence electrons. The second-order valence-electron chi connectivity index (χ2n) is 8.67. The number of ether oxygens (including phenoxy) is 2. The van der Waals surface area contributed by atoms with Crippen LogP contribution in [0, 0.1) is 10.8 Å². The molecule has 10 nitrogen and oxygen atoms in total. The SMILES string of the molecule is N=CCNCCCCC(N)C(=O)OCCc1ccc(CCOC(=O)C(N)CCCCNCC=N)cc1. The predicted octanol–water partition coefficient (Wildman–Crippen LogP) is 1.33. The van der Waals surface area contributed by atoms with Crippen molar-refractivity contribution in [2.45, 2.75) is 63.5 Å². The molecule has 0 saturated heterocycles. The summed E-state index contributed by atoms with van der Waals surface area (Å²) in [6.07, 6.45) is 8.46. The van der Waals surface area contributed by atoms with Crippen molar-refractivity contribution in [3.63, 3.8) is 0 Å². The third-order valence-corrected chi connectivity index (χ3v) is 5.63. The van der Waals surface area contributed by atoms with E-state index in [1.165, 1.54) is 12.4 Å². The third kappa shape index (κ3) is 15.4. The Kier molecular flexibility index (Phi) is 17.9.